The van der Waals surface area contributed by atoms with Crippen LogP contribution in [0.1, 0.15) is 31.4 Å². The molecule has 1 atom stereocenters. The van der Waals surface area contributed by atoms with E-state index in [-0.39, 0.29) is 17.3 Å². The lowest BCUT2D eigenvalue weighted by molar-refractivity contribution is -0.119. The van der Waals surface area contributed by atoms with E-state index in [1.807, 2.05) is 31.1 Å². The summed E-state index contributed by atoms with van der Waals surface area (Å²) in [4.78, 5) is 29.0. The van der Waals surface area contributed by atoms with Crippen LogP contribution in [0.15, 0.2) is 52.1 Å². The Hall–Kier alpha value is -3.02. The Morgan fingerprint density at radius 3 is 2.26 bits per heavy atom. The molecule has 0 aliphatic carbocycles. The Morgan fingerprint density at radius 2 is 1.78 bits per heavy atom. The molecular formula is C21H24N2O4. The van der Waals surface area contributed by atoms with Crippen LogP contribution in [0.4, 0.5) is 11.4 Å². The number of ketones is 1. The number of nitrogens with zero attached hydrogens (tertiary/aromatic N) is 2. The fraction of sp³-hybridized carbons (Fsp3) is 0.333. The van der Waals surface area contributed by atoms with E-state index in [1.165, 1.54) is 4.90 Å². The zero-order valence-electron chi connectivity index (χ0n) is 16.2. The van der Waals surface area contributed by atoms with Crippen LogP contribution in [0.5, 0.6) is 0 Å². The van der Waals surface area contributed by atoms with E-state index in [2.05, 4.69) is 0 Å². The summed E-state index contributed by atoms with van der Waals surface area (Å²) in [6, 6.07) is 10.1. The number of carbonyl (C=O) groups is 2. The molecule has 1 aliphatic heterocycles. The number of rotatable bonds is 5. The zero-order chi connectivity index (χ0) is 19.9. The first-order valence-electron chi connectivity index (χ1n) is 8.87. The van der Waals surface area contributed by atoms with Gasteiger partial charge in [0.1, 0.15) is 17.6 Å². The summed E-state index contributed by atoms with van der Waals surface area (Å²) in [5.41, 5.74) is 1.65. The molecule has 1 aliphatic rings. The number of carbonyl (C=O) groups excluding carboxylic acids is 2. The quantitative estimate of drug-likeness (QED) is 0.869. The summed E-state index contributed by atoms with van der Waals surface area (Å²) >= 11 is 0. The molecular weight excluding hydrogens is 344 g/mol. The van der Waals surface area contributed by atoms with Gasteiger partial charge in [0, 0.05) is 31.4 Å². The molecule has 2 aromatic rings. The third-order valence-corrected chi connectivity index (χ3v) is 4.67. The predicted molar refractivity (Wildman–Crippen MR) is 104 cm³/mol. The van der Waals surface area contributed by atoms with E-state index >= 15 is 0 Å². The van der Waals surface area contributed by atoms with Crippen molar-refractivity contribution in [3.8, 4) is 0 Å². The number of anilines is 2. The van der Waals surface area contributed by atoms with Crippen LogP contribution in [0.2, 0.25) is 0 Å². The largest absolute Gasteiger partial charge is 0.503 e. The Balaban J connectivity index is 2.12. The Morgan fingerprint density at radius 1 is 1.15 bits per heavy atom. The maximum absolute atomic E-state index is 12.9. The normalized spacial score (nSPS) is 17.2. The van der Waals surface area contributed by atoms with E-state index in [9.17, 15) is 14.7 Å². The van der Waals surface area contributed by atoms with E-state index in [0.29, 0.717) is 17.2 Å². The SMILES string of the molecule is Cc1ccc(C2C(C(=O)C(C)C)=C(O)C(=O)N2c2ccc(N(C)C)cc2)o1. The maximum Gasteiger partial charge on any atom is 0.294 e. The lowest BCUT2D eigenvalue weighted by Crippen LogP contribution is -2.31. The Bertz CT molecular complexity index is 907. The van der Waals surface area contributed by atoms with Gasteiger partial charge >= 0.3 is 0 Å². The average molecular weight is 368 g/mol. The number of hydrogen-bond acceptors (Lipinski definition) is 5. The van der Waals surface area contributed by atoms with Gasteiger partial charge in [0.15, 0.2) is 11.5 Å². The van der Waals surface area contributed by atoms with Gasteiger partial charge in [-0.15, -0.1) is 0 Å². The summed E-state index contributed by atoms with van der Waals surface area (Å²) in [5.74, 6) is -0.620. The minimum atomic E-state index is -0.786. The van der Waals surface area contributed by atoms with Crippen LogP contribution in [0.3, 0.4) is 0 Å². The highest BCUT2D eigenvalue weighted by molar-refractivity contribution is 6.16. The third kappa shape index (κ3) is 3.23. The van der Waals surface area contributed by atoms with Gasteiger partial charge < -0.3 is 14.4 Å². The zero-order valence-corrected chi connectivity index (χ0v) is 16.2. The van der Waals surface area contributed by atoms with Crippen LogP contribution >= 0.6 is 0 Å². The highest BCUT2D eigenvalue weighted by atomic mass is 16.3. The van der Waals surface area contributed by atoms with Crippen LogP contribution < -0.4 is 9.80 Å². The van der Waals surface area contributed by atoms with Crippen molar-refractivity contribution in [1.29, 1.82) is 0 Å². The van der Waals surface area contributed by atoms with E-state index in [0.717, 1.165) is 5.69 Å². The fourth-order valence-electron chi connectivity index (χ4n) is 3.22. The second kappa shape index (κ2) is 6.95. The van der Waals surface area contributed by atoms with Crippen LogP contribution in [0, 0.1) is 12.8 Å². The highest BCUT2D eigenvalue weighted by Crippen LogP contribution is 2.42. The first kappa shape index (κ1) is 18.8. The van der Waals surface area contributed by atoms with Crippen molar-refractivity contribution in [3.05, 3.63) is 59.3 Å². The minimum Gasteiger partial charge on any atom is -0.503 e. The standard InChI is InChI=1S/C21H24N2O4/c1-12(2)19(24)17-18(16-11-6-13(3)27-16)23(21(26)20(17)25)15-9-7-14(8-10-15)22(4)5/h6-12,18,25H,1-5H3. The molecule has 1 unspecified atom stereocenters. The van der Waals surface area contributed by atoms with E-state index < -0.39 is 17.7 Å². The van der Waals surface area contributed by atoms with Crippen LogP contribution in [0.25, 0.3) is 0 Å². The first-order valence-corrected chi connectivity index (χ1v) is 8.87. The molecule has 27 heavy (non-hydrogen) atoms. The second-order valence-corrected chi connectivity index (χ2v) is 7.22. The maximum atomic E-state index is 12.9. The molecule has 1 aromatic heterocycles. The van der Waals surface area contributed by atoms with Gasteiger partial charge in [-0.2, -0.15) is 0 Å². The van der Waals surface area contributed by atoms with Crippen molar-refractivity contribution in [2.45, 2.75) is 26.8 Å². The molecule has 0 saturated carbocycles. The van der Waals surface area contributed by atoms with Gasteiger partial charge in [-0.3, -0.25) is 14.5 Å². The van der Waals surface area contributed by atoms with E-state index in [1.54, 1.807) is 45.0 Å². The molecule has 6 nitrogen and oxygen atoms in total. The summed E-state index contributed by atoms with van der Waals surface area (Å²) in [5, 5.41) is 10.5. The summed E-state index contributed by atoms with van der Waals surface area (Å²) in [6.45, 7) is 5.28. The number of amides is 1. The van der Waals surface area contributed by atoms with Gasteiger partial charge in [-0.25, -0.2) is 0 Å². The molecule has 0 radical (unpaired) electrons. The fourth-order valence-corrected chi connectivity index (χ4v) is 3.22. The van der Waals surface area contributed by atoms with Gasteiger partial charge in [0.25, 0.3) is 5.91 Å². The van der Waals surface area contributed by atoms with Crippen LogP contribution in [-0.4, -0.2) is 30.9 Å². The van der Waals surface area contributed by atoms with Crippen molar-refractivity contribution in [2.24, 2.45) is 5.92 Å². The highest BCUT2D eigenvalue weighted by Gasteiger charge is 2.46. The molecule has 1 aromatic carbocycles. The van der Waals surface area contributed by atoms with Gasteiger partial charge in [-0.1, -0.05) is 13.8 Å². The smallest absolute Gasteiger partial charge is 0.294 e. The van der Waals surface area contributed by atoms with Crippen molar-refractivity contribution in [2.75, 3.05) is 23.9 Å². The molecule has 1 amide bonds. The van der Waals surface area contributed by atoms with E-state index in [4.69, 9.17) is 4.42 Å². The van der Waals surface area contributed by atoms with Crippen molar-refractivity contribution >= 4 is 23.1 Å². The van der Waals surface area contributed by atoms with Gasteiger partial charge in [0.05, 0.1) is 5.57 Å². The first-order chi connectivity index (χ1) is 12.7. The molecule has 142 valence electrons. The third-order valence-electron chi connectivity index (χ3n) is 4.67. The van der Waals surface area contributed by atoms with Crippen molar-refractivity contribution in [1.82, 2.24) is 0 Å². The summed E-state index contributed by atoms with van der Waals surface area (Å²) < 4.78 is 5.74. The molecule has 0 bridgehead atoms. The number of furan rings is 1. The van der Waals surface area contributed by atoms with Crippen LogP contribution in [-0.2, 0) is 9.59 Å². The number of benzene rings is 1. The van der Waals surface area contributed by atoms with Crippen molar-refractivity contribution in [3.63, 3.8) is 0 Å². The molecule has 0 saturated heterocycles. The molecule has 3 rings (SSSR count). The van der Waals surface area contributed by atoms with Gasteiger partial charge in [0.2, 0.25) is 0 Å². The minimum absolute atomic E-state index is 0.0843. The number of Topliss-reactive ketones (excluding diaryl/α,β-unsaturated/α-hetero) is 1. The molecule has 0 spiro atoms. The summed E-state index contributed by atoms with van der Waals surface area (Å²) in [6.07, 6.45) is 0. The predicted octanol–water partition coefficient (Wildman–Crippen LogP) is 3.78. The Labute approximate surface area is 158 Å². The Kier molecular flexibility index (Phi) is 4.83. The summed E-state index contributed by atoms with van der Waals surface area (Å²) in [7, 11) is 3.86. The number of hydrogen-bond donors (Lipinski definition) is 1. The number of aliphatic hydroxyl groups excluding tert-OH is 1. The average Bonchev–Trinajstić information content (AvgIpc) is 3.16. The molecule has 0 fully saturated rings. The second-order valence-electron chi connectivity index (χ2n) is 7.22. The monoisotopic (exact) mass is 368 g/mol. The lowest BCUT2D eigenvalue weighted by Gasteiger charge is -2.26. The molecule has 1 N–H and O–H groups in total. The van der Waals surface area contributed by atoms with Crippen molar-refractivity contribution < 1.29 is 19.1 Å². The lowest BCUT2D eigenvalue weighted by atomic mass is 9.94. The molecule has 2 heterocycles. The number of aryl methyl sites for hydroxylation is 1. The van der Waals surface area contributed by atoms with Gasteiger partial charge in [-0.05, 0) is 43.3 Å². The number of aliphatic hydroxyl groups is 1. The topological polar surface area (TPSA) is 74.0 Å². The molecule has 6 heteroatoms.